The fourth-order valence-electron chi connectivity index (χ4n) is 8.72. The number of Topliss-reactive ketones (excluding diaryl/α,β-unsaturated/α-hetero) is 2. The number of hydrogen-bond acceptors (Lipinski definition) is 12. The lowest BCUT2D eigenvalue weighted by Crippen LogP contribution is -2.67. The van der Waals surface area contributed by atoms with Crippen LogP contribution in [0.3, 0.4) is 0 Å². The van der Waals surface area contributed by atoms with Crippen LogP contribution >= 0.6 is 0 Å². The number of aliphatic hydroxyl groups is 1. The number of esters is 1. The number of ketones is 3. The van der Waals surface area contributed by atoms with Gasteiger partial charge in [0.25, 0.3) is 20.2 Å². The standard InChI is InChI=1S/C29H42O12S2/c1-7-8-9-17-12-19-23-24(21(32)14-28(19,4)29(17,34)22(33)15-39-16(2)30)27(3)11-10-18(31)13-20(27)25(40-42(5,35)36)26(23)41-43(6,37)38/h13,17,19,23-26,34H,7-12,14-15H2,1-6H3/t17?,19-,23-,24-,25?,26?,27-,28-,29-/m0/s1. The Morgan fingerprint density at radius 3 is 2.26 bits per heavy atom. The highest BCUT2D eigenvalue weighted by atomic mass is 32.2. The van der Waals surface area contributed by atoms with Crippen molar-refractivity contribution in [3.05, 3.63) is 11.6 Å². The average molecular weight is 647 g/mol. The van der Waals surface area contributed by atoms with Crippen molar-refractivity contribution in [2.24, 2.45) is 34.5 Å². The van der Waals surface area contributed by atoms with Gasteiger partial charge in [-0.15, -0.1) is 0 Å². The molecule has 4 rings (SSSR count). The summed E-state index contributed by atoms with van der Waals surface area (Å²) in [6.45, 7) is 5.75. The fraction of sp³-hybridized carbons (Fsp3) is 0.793. The lowest BCUT2D eigenvalue weighted by atomic mass is 9.44. The summed E-state index contributed by atoms with van der Waals surface area (Å²) in [4.78, 5) is 52.3. The number of ether oxygens (including phenoxy) is 1. The van der Waals surface area contributed by atoms with E-state index < -0.39 is 90.9 Å². The van der Waals surface area contributed by atoms with Gasteiger partial charge in [-0.2, -0.15) is 16.8 Å². The number of carbonyl (C=O) groups is 4. The van der Waals surface area contributed by atoms with Gasteiger partial charge in [-0.25, -0.2) is 0 Å². The molecular weight excluding hydrogens is 604 g/mol. The van der Waals surface area contributed by atoms with E-state index in [0.29, 0.717) is 12.8 Å². The molecule has 3 fully saturated rings. The first kappa shape index (κ1) is 33.9. The second-order valence-corrected chi connectivity index (χ2v) is 16.4. The largest absolute Gasteiger partial charge is 0.458 e. The molecule has 0 heterocycles. The summed E-state index contributed by atoms with van der Waals surface area (Å²) in [5.41, 5.74) is -4.43. The van der Waals surface area contributed by atoms with Gasteiger partial charge >= 0.3 is 5.97 Å². The summed E-state index contributed by atoms with van der Waals surface area (Å²) in [6, 6.07) is 0. The van der Waals surface area contributed by atoms with Crippen LogP contribution in [0.4, 0.5) is 0 Å². The monoisotopic (exact) mass is 646 g/mol. The van der Waals surface area contributed by atoms with Crippen LogP contribution in [-0.2, 0) is 52.5 Å². The summed E-state index contributed by atoms with van der Waals surface area (Å²) >= 11 is 0. The van der Waals surface area contributed by atoms with Crippen LogP contribution in [0.15, 0.2) is 11.6 Å². The molecule has 0 radical (unpaired) electrons. The number of hydrogen-bond donors (Lipinski definition) is 1. The molecule has 4 aliphatic rings. The molecule has 0 spiro atoms. The second kappa shape index (κ2) is 11.4. The van der Waals surface area contributed by atoms with Gasteiger partial charge in [0.15, 0.2) is 12.4 Å². The molecule has 14 heteroatoms. The van der Waals surface area contributed by atoms with E-state index in [1.54, 1.807) is 13.8 Å². The third-order valence-electron chi connectivity index (χ3n) is 10.4. The topological polar surface area (TPSA) is 184 Å². The van der Waals surface area contributed by atoms with E-state index in [-0.39, 0.29) is 42.8 Å². The summed E-state index contributed by atoms with van der Waals surface area (Å²) in [7, 11) is -8.51. The molecule has 0 aromatic carbocycles. The van der Waals surface area contributed by atoms with Gasteiger partial charge in [0.05, 0.1) is 12.5 Å². The second-order valence-electron chi connectivity index (χ2n) is 13.2. The van der Waals surface area contributed by atoms with Crippen LogP contribution in [0, 0.1) is 34.5 Å². The molecule has 0 amide bonds. The maximum absolute atomic E-state index is 14.3. The maximum Gasteiger partial charge on any atom is 0.303 e. The summed E-state index contributed by atoms with van der Waals surface area (Å²) in [5.74, 6) is -5.41. The van der Waals surface area contributed by atoms with E-state index in [1.165, 1.54) is 6.08 Å². The quantitative estimate of drug-likeness (QED) is 0.269. The molecule has 3 unspecified atom stereocenters. The molecule has 0 bridgehead atoms. The molecule has 0 aromatic heterocycles. The van der Waals surface area contributed by atoms with Crippen LogP contribution in [0.1, 0.15) is 72.6 Å². The minimum atomic E-state index is -4.28. The molecule has 43 heavy (non-hydrogen) atoms. The Balaban J connectivity index is 1.96. The van der Waals surface area contributed by atoms with Crippen LogP contribution in [-0.4, -0.2) is 82.2 Å². The Hall–Kier alpha value is -2.00. The van der Waals surface area contributed by atoms with E-state index in [0.717, 1.165) is 25.9 Å². The van der Waals surface area contributed by atoms with Gasteiger partial charge in [0.1, 0.15) is 23.6 Å². The highest BCUT2D eigenvalue weighted by molar-refractivity contribution is 7.86. The van der Waals surface area contributed by atoms with Crippen molar-refractivity contribution in [3.63, 3.8) is 0 Å². The van der Waals surface area contributed by atoms with Crippen LogP contribution < -0.4 is 0 Å². The normalized spacial score (nSPS) is 39.4. The average Bonchev–Trinajstić information content (AvgIpc) is 3.09. The van der Waals surface area contributed by atoms with Gasteiger partial charge < -0.3 is 9.84 Å². The first-order chi connectivity index (χ1) is 19.7. The Morgan fingerprint density at radius 1 is 1.07 bits per heavy atom. The Kier molecular flexibility index (Phi) is 9.00. The third kappa shape index (κ3) is 5.89. The van der Waals surface area contributed by atoms with Crippen LogP contribution in [0.2, 0.25) is 0 Å². The van der Waals surface area contributed by atoms with E-state index in [2.05, 4.69) is 0 Å². The van der Waals surface area contributed by atoms with E-state index >= 15 is 0 Å². The van der Waals surface area contributed by atoms with Gasteiger partial charge in [0, 0.05) is 42.4 Å². The number of carbonyl (C=O) groups excluding carboxylic acids is 4. The summed E-state index contributed by atoms with van der Waals surface area (Å²) < 4.78 is 66.5. The molecule has 9 atom stereocenters. The van der Waals surface area contributed by atoms with Crippen molar-refractivity contribution in [2.75, 3.05) is 19.1 Å². The van der Waals surface area contributed by atoms with Crippen molar-refractivity contribution in [2.45, 2.75) is 90.4 Å². The zero-order valence-electron chi connectivity index (χ0n) is 25.5. The molecule has 1 N–H and O–H groups in total. The molecule has 0 saturated heterocycles. The molecule has 0 aliphatic heterocycles. The van der Waals surface area contributed by atoms with Gasteiger partial charge in [-0.3, -0.25) is 27.5 Å². The SMILES string of the molecule is CCCCC1C[C@H]2[C@@H]3C(OS(C)(=O)=O)C(OS(C)(=O)=O)C4=CC(=O)CC[C@]4(C)[C@H]3C(=O)C[C@]2(C)[C@@]1(O)C(=O)COC(C)=O. The predicted molar refractivity (Wildman–Crippen MR) is 152 cm³/mol. The van der Waals surface area contributed by atoms with Crippen molar-refractivity contribution < 1.29 is 54.2 Å². The predicted octanol–water partition coefficient (Wildman–Crippen LogP) is 1.89. The zero-order valence-corrected chi connectivity index (χ0v) is 27.1. The molecule has 4 aliphatic carbocycles. The van der Waals surface area contributed by atoms with E-state index in [9.17, 15) is 41.1 Å². The Labute approximate surface area is 253 Å². The molecule has 3 saturated carbocycles. The van der Waals surface area contributed by atoms with Crippen molar-refractivity contribution >= 4 is 43.6 Å². The van der Waals surface area contributed by atoms with E-state index in [1.807, 2.05) is 6.92 Å². The van der Waals surface area contributed by atoms with Gasteiger partial charge in [-0.1, -0.05) is 33.6 Å². The minimum Gasteiger partial charge on any atom is -0.458 e. The third-order valence-corrected chi connectivity index (χ3v) is 11.5. The molecule has 242 valence electrons. The highest BCUT2D eigenvalue weighted by Gasteiger charge is 2.74. The number of rotatable bonds is 10. The fourth-order valence-corrected chi connectivity index (χ4v) is 9.94. The summed E-state index contributed by atoms with van der Waals surface area (Å²) in [5, 5.41) is 12.4. The number of fused-ring (bicyclic) bond motifs is 5. The lowest BCUT2D eigenvalue weighted by molar-refractivity contribution is -0.187. The van der Waals surface area contributed by atoms with Crippen molar-refractivity contribution in [1.82, 2.24) is 0 Å². The highest BCUT2D eigenvalue weighted by Crippen LogP contribution is 2.69. The first-order valence-corrected chi connectivity index (χ1v) is 18.3. The van der Waals surface area contributed by atoms with Gasteiger partial charge in [-0.05, 0) is 42.7 Å². The maximum atomic E-state index is 14.3. The zero-order chi connectivity index (χ0) is 32.3. The number of unbranched alkanes of at least 4 members (excludes halogenated alkanes) is 1. The van der Waals surface area contributed by atoms with Crippen LogP contribution in [0.5, 0.6) is 0 Å². The summed E-state index contributed by atoms with van der Waals surface area (Å²) in [6.07, 6.45) is 1.81. The van der Waals surface area contributed by atoms with Crippen molar-refractivity contribution in [3.8, 4) is 0 Å². The van der Waals surface area contributed by atoms with E-state index in [4.69, 9.17) is 13.1 Å². The molecular formula is C29H42O12S2. The lowest BCUT2D eigenvalue weighted by Gasteiger charge is -2.60. The smallest absolute Gasteiger partial charge is 0.303 e. The van der Waals surface area contributed by atoms with Crippen molar-refractivity contribution in [1.29, 1.82) is 0 Å². The Morgan fingerprint density at radius 2 is 1.70 bits per heavy atom. The molecule has 0 aromatic rings. The van der Waals surface area contributed by atoms with Crippen LogP contribution in [0.25, 0.3) is 0 Å². The van der Waals surface area contributed by atoms with Gasteiger partial charge in [0.2, 0.25) is 5.78 Å². The molecule has 12 nitrogen and oxygen atoms in total. The first-order valence-electron chi connectivity index (χ1n) is 14.6. The minimum absolute atomic E-state index is 0.0889. The Bertz CT molecular complexity index is 1450.